The monoisotopic (exact) mass is 309 g/mol. The SMILES string of the molecule is C=NC(C)(C#N)CCC(=O)Nc1ccc(S(=O)(=O)O)cc1. The van der Waals surface area contributed by atoms with Crippen molar-refractivity contribution in [2.45, 2.75) is 30.2 Å². The standard InChI is InChI=1S/C13H15N3O4S/c1-13(9-14,15-2)8-7-12(17)16-10-3-5-11(6-4-10)21(18,19)20/h3-6H,2,7-8H2,1H3,(H,16,17)(H,18,19,20). The van der Waals surface area contributed by atoms with Crippen molar-refractivity contribution >= 4 is 28.4 Å². The van der Waals surface area contributed by atoms with Crippen LogP contribution >= 0.6 is 0 Å². The number of hydrogen-bond donors (Lipinski definition) is 2. The highest BCUT2D eigenvalue weighted by Crippen LogP contribution is 2.17. The summed E-state index contributed by atoms with van der Waals surface area (Å²) in [4.78, 5) is 15.1. The van der Waals surface area contributed by atoms with Gasteiger partial charge in [0.15, 0.2) is 0 Å². The van der Waals surface area contributed by atoms with Gasteiger partial charge in [-0.2, -0.15) is 13.7 Å². The summed E-state index contributed by atoms with van der Waals surface area (Å²) in [6.07, 6.45) is 0.297. The predicted octanol–water partition coefficient (Wildman–Crippen LogP) is 1.63. The highest BCUT2D eigenvalue weighted by molar-refractivity contribution is 7.85. The van der Waals surface area contributed by atoms with Crippen molar-refractivity contribution in [3.63, 3.8) is 0 Å². The molecule has 7 nitrogen and oxygen atoms in total. The van der Waals surface area contributed by atoms with Gasteiger partial charge in [0.2, 0.25) is 5.91 Å². The van der Waals surface area contributed by atoms with Crippen molar-refractivity contribution < 1.29 is 17.8 Å². The summed E-state index contributed by atoms with van der Waals surface area (Å²) in [7, 11) is -4.25. The fourth-order valence-electron chi connectivity index (χ4n) is 1.46. The maximum atomic E-state index is 11.7. The predicted molar refractivity (Wildman–Crippen MR) is 77.7 cm³/mol. The zero-order valence-corrected chi connectivity index (χ0v) is 12.2. The molecule has 0 saturated heterocycles. The van der Waals surface area contributed by atoms with Gasteiger partial charge in [-0.05, 0) is 44.3 Å². The van der Waals surface area contributed by atoms with E-state index >= 15 is 0 Å². The molecule has 112 valence electrons. The fourth-order valence-corrected chi connectivity index (χ4v) is 1.94. The second-order valence-electron chi connectivity index (χ2n) is 4.59. The lowest BCUT2D eigenvalue weighted by molar-refractivity contribution is -0.116. The number of hydrogen-bond acceptors (Lipinski definition) is 5. The molecule has 0 fully saturated rings. The van der Waals surface area contributed by atoms with Crippen molar-refractivity contribution in [3.05, 3.63) is 24.3 Å². The van der Waals surface area contributed by atoms with Gasteiger partial charge < -0.3 is 5.32 Å². The minimum Gasteiger partial charge on any atom is -0.326 e. The van der Waals surface area contributed by atoms with E-state index < -0.39 is 15.7 Å². The first-order chi connectivity index (χ1) is 9.70. The number of benzene rings is 1. The molecule has 8 heteroatoms. The van der Waals surface area contributed by atoms with Crippen molar-refractivity contribution in [2.24, 2.45) is 4.99 Å². The first kappa shape index (κ1) is 16.8. The zero-order valence-electron chi connectivity index (χ0n) is 11.4. The second kappa shape index (κ2) is 6.47. The molecule has 2 N–H and O–H groups in total. The average molecular weight is 309 g/mol. The van der Waals surface area contributed by atoms with Crippen LogP contribution in [0.2, 0.25) is 0 Å². The highest BCUT2D eigenvalue weighted by Gasteiger charge is 2.22. The number of nitrogens with one attached hydrogen (secondary N) is 1. The summed E-state index contributed by atoms with van der Waals surface area (Å²) in [5.41, 5.74) is -0.621. The molecule has 0 heterocycles. The number of carbonyl (C=O) groups is 1. The summed E-state index contributed by atoms with van der Waals surface area (Å²) in [6.45, 7) is 4.89. The first-order valence-corrected chi connectivity index (χ1v) is 7.41. The van der Waals surface area contributed by atoms with Crippen molar-refractivity contribution in [2.75, 3.05) is 5.32 Å². The summed E-state index contributed by atoms with van der Waals surface area (Å²) in [5, 5.41) is 11.5. The number of amides is 1. The highest BCUT2D eigenvalue weighted by atomic mass is 32.2. The summed E-state index contributed by atoms with van der Waals surface area (Å²) >= 11 is 0. The van der Waals surface area contributed by atoms with Gasteiger partial charge in [-0.3, -0.25) is 14.3 Å². The van der Waals surface area contributed by atoms with E-state index in [1.54, 1.807) is 6.92 Å². The Morgan fingerprint density at radius 2 is 2.05 bits per heavy atom. The second-order valence-corrected chi connectivity index (χ2v) is 6.01. The number of nitrogens with zero attached hydrogens (tertiary/aromatic N) is 2. The molecular weight excluding hydrogens is 294 g/mol. The van der Waals surface area contributed by atoms with Gasteiger partial charge in [0, 0.05) is 12.1 Å². The van der Waals surface area contributed by atoms with E-state index in [4.69, 9.17) is 9.81 Å². The van der Waals surface area contributed by atoms with Gasteiger partial charge in [0.1, 0.15) is 5.54 Å². The summed E-state index contributed by atoms with van der Waals surface area (Å²) in [5.74, 6) is -0.334. The van der Waals surface area contributed by atoms with E-state index in [9.17, 15) is 13.2 Å². The van der Waals surface area contributed by atoms with E-state index in [2.05, 4.69) is 17.0 Å². The van der Waals surface area contributed by atoms with Gasteiger partial charge in [-0.25, -0.2) is 0 Å². The van der Waals surface area contributed by atoms with Crippen LogP contribution in [0.15, 0.2) is 34.2 Å². The molecule has 0 bridgehead atoms. The van der Waals surface area contributed by atoms with Gasteiger partial charge in [-0.15, -0.1) is 0 Å². The molecule has 0 spiro atoms. The van der Waals surface area contributed by atoms with Gasteiger partial charge >= 0.3 is 0 Å². The fraction of sp³-hybridized carbons (Fsp3) is 0.308. The number of nitriles is 1. The molecule has 1 aromatic carbocycles. The third-order valence-electron chi connectivity index (χ3n) is 2.86. The Morgan fingerprint density at radius 1 is 1.48 bits per heavy atom. The number of anilines is 1. The van der Waals surface area contributed by atoms with Crippen LogP contribution in [0, 0.1) is 11.3 Å². The summed E-state index contributed by atoms with van der Waals surface area (Å²) in [6, 6.07) is 7.04. The van der Waals surface area contributed by atoms with Crippen LogP contribution in [0.3, 0.4) is 0 Å². The Bertz CT molecular complexity index is 676. The van der Waals surface area contributed by atoms with Crippen LogP contribution in [0.25, 0.3) is 0 Å². The van der Waals surface area contributed by atoms with Crippen LogP contribution in [-0.2, 0) is 14.9 Å². The largest absolute Gasteiger partial charge is 0.326 e. The lowest BCUT2D eigenvalue weighted by Gasteiger charge is -2.15. The van der Waals surface area contributed by atoms with Gasteiger partial charge in [0.25, 0.3) is 10.1 Å². The molecule has 1 aromatic rings. The Balaban J connectivity index is 2.64. The topological polar surface area (TPSA) is 120 Å². The number of rotatable bonds is 6. The smallest absolute Gasteiger partial charge is 0.294 e. The van der Waals surface area contributed by atoms with Crippen molar-refractivity contribution in [3.8, 4) is 6.07 Å². The van der Waals surface area contributed by atoms with Crippen LogP contribution in [-0.4, -0.2) is 31.1 Å². The Morgan fingerprint density at radius 3 is 2.48 bits per heavy atom. The Hall–Kier alpha value is -2.24. The molecule has 0 aromatic heterocycles. The molecule has 0 radical (unpaired) electrons. The van der Waals surface area contributed by atoms with E-state index in [0.717, 1.165) is 0 Å². The third kappa shape index (κ3) is 4.98. The lowest BCUT2D eigenvalue weighted by atomic mass is 9.98. The molecule has 0 aliphatic carbocycles. The molecule has 1 atom stereocenters. The average Bonchev–Trinajstić information content (AvgIpc) is 2.44. The van der Waals surface area contributed by atoms with Crippen molar-refractivity contribution in [1.82, 2.24) is 0 Å². The van der Waals surface area contributed by atoms with Gasteiger partial charge in [0.05, 0.1) is 11.0 Å². The number of carbonyl (C=O) groups excluding carboxylic acids is 1. The van der Waals surface area contributed by atoms with Crippen LogP contribution < -0.4 is 5.32 Å². The van der Waals surface area contributed by atoms with E-state index in [1.165, 1.54) is 24.3 Å². The van der Waals surface area contributed by atoms with Crippen LogP contribution in [0.1, 0.15) is 19.8 Å². The normalized spacial score (nSPS) is 13.8. The molecule has 1 unspecified atom stereocenters. The van der Waals surface area contributed by atoms with E-state index in [0.29, 0.717) is 5.69 Å². The van der Waals surface area contributed by atoms with E-state index in [-0.39, 0.29) is 23.6 Å². The maximum absolute atomic E-state index is 11.7. The minimum atomic E-state index is -4.25. The maximum Gasteiger partial charge on any atom is 0.294 e. The quantitative estimate of drug-likeness (QED) is 0.611. The molecule has 21 heavy (non-hydrogen) atoms. The number of aliphatic imine (C=N–C) groups is 1. The van der Waals surface area contributed by atoms with E-state index in [1.807, 2.05) is 6.07 Å². The van der Waals surface area contributed by atoms with Crippen LogP contribution in [0.5, 0.6) is 0 Å². The van der Waals surface area contributed by atoms with Crippen LogP contribution in [0.4, 0.5) is 5.69 Å². The zero-order chi connectivity index (χ0) is 16.1. The lowest BCUT2D eigenvalue weighted by Crippen LogP contribution is -2.22. The molecule has 0 aliphatic rings. The third-order valence-corrected chi connectivity index (χ3v) is 3.73. The Kier molecular flexibility index (Phi) is 5.18. The molecular formula is C13H15N3O4S. The minimum absolute atomic E-state index is 0.0725. The van der Waals surface area contributed by atoms with Crippen molar-refractivity contribution in [1.29, 1.82) is 5.26 Å². The molecule has 0 saturated carbocycles. The molecule has 1 rings (SSSR count). The summed E-state index contributed by atoms with van der Waals surface area (Å²) < 4.78 is 30.6. The first-order valence-electron chi connectivity index (χ1n) is 5.97. The Labute approximate surface area is 123 Å². The molecule has 1 amide bonds. The van der Waals surface area contributed by atoms with Gasteiger partial charge in [-0.1, -0.05) is 0 Å². The molecule has 0 aliphatic heterocycles.